The Hall–Kier alpha value is -0.970. The summed E-state index contributed by atoms with van der Waals surface area (Å²) in [5, 5.41) is 15.3. The van der Waals surface area contributed by atoms with Gasteiger partial charge in [0.25, 0.3) is 0 Å². The second kappa shape index (κ2) is 5.43. The molecule has 1 aliphatic heterocycles. The van der Waals surface area contributed by atoms with Crippen molar-refractivity contribution in [2.45, 2.75) is 37.3 Å². The van der Waals surface area contributed by atoms with Gasteiger partial charge < -0.3 is 5.11 Å². The maximum atomic E-state index is 12.3. The van der Waals surface area contributed by atoms with Gasteiger partial charge in [-0.25, -0.2) is 21.6 Å². The summed E-state index contributed by atoms with van der Waals surface area (Å²) in [5.41, 5.74) is 0.328. The van der Waals surface area contributed by atoms with Gasteiger partial charge in [-0.2, -0.15) is 5.10 Å². The van der Waals surface area contributed by atoms with Crippen LogP contribution in [0.4, 0.5) is 0 Å². The lowest BCUT2D eigenvalue weighted by atomic mass is 10.2. The highest BCUT2D eigenvalue weighted by atomic mass is 32.2. The average molecular weight is 323 g/mol. The average Bonchev–Trinajstić information content (AvgIpc) is 2.69. The molecule has 0 bridgehead atoms. The molecule has 0 spiro atoms. The van der Waals surface area contributed by atoms with Gasteiger partial charge in [0.1, 0.15) is 10.6 Å². The number of hydrogen-bond donors (Lipinski definition) is 3. The van der Waals surface area contributed by atoms with E-state index in [4.69, 9.17) is 5.11 Å². The first kappa shape index (κ1) is 15.4. The SMILES string of the molecule is Cc1[nH]nc(CO)c1S(=O)(=O)NC1CCCS(=O)(=O)C1. The molecule has 2 heterocycles. The third-order valence-corrected chi connectivity index (χ3v) is 6.71. The second-order valence-corrected chi connectivity index (χ2v) is 8.74. The first-order valence-corrected chi connectivity index (χ1v) is 9.43. The summed E-state index contributed by atoms with van der Waals surface area (Å²) in [6, 6.07) is -0.639. The topological polar surface area (TPSA) is 129 Å². The van der Waals surface area contributed by atoms with Gasteiger partial charge in [-0.1, -0.05) is 0 Å². The Balaban J connectivity index is 2.25. The number of aromatic nitrogens is 2. The molecule has 0 amide bonds. The van der Waals surface area contributed by atoms with Gasteiger partial charge in [0.15, 0.2) is 9.84 Å². The smallest absolute Gasteiger partial charge is 0.244 e. The highest BCUT2D eigenvalue weighted by Crippen LogP contribution is 2.20. The molecule has 0 aliphatic carbocycles. The lowest BCUT2D eigenvalue weighted by molar-refractivity contribution is 0.273. The molecule has 0 saturated carbocycles. The van der Waals surface area contributed by atoms with E-state index in [1.54, 1.807) is 0 Å². The van der Waals surface area contributed by atoms with Gasteiger partial charge in [-0.15, -0.1) is 0 Å². The molecule has 114 valence electrons. The van der Waals surface area contributed by atoms with Gasteiger partial charge >= 0.3 is 0 Å². The third-order valence-electron chi connectivity index (χ3n) is 3.16. The van der Waals surface area contributed by atoms with Crippen LogP contribution < -0.4 is 4.72 Å². The maximum Gasteiger partial charge on any atom is 0.244 e. The molecule has 2 rings (SSSR count). The Bertz CT molecular complexity index is 692. The van der Waals surface area contributed by atoms with E-state index in [0.29, 0.717) is 18.5 Å². The molecule has 20 heavy (non-hydrogen) atoms. The van der Waals surface area contributed by atoms with Gasteiger partial charge in [-0.3, -0.25) is 5.10 Å². The van der Waals surface area contributed by atoms with E-state index >= 15 is 0 Å². The Kier molecular flexibility index (Phi) is 4.19. The highest BCUT2D eigenvalue weighted by Gasteiger charge is 2.31. The number of nitrogens with zero attached hydrogens (tertiary/aromatic N) is 1. The minimum absolute atomic E-state index is 0.0219. The number of aliphatic hydroxyl groups is 1. The summed E-state index contributed by atoms with van der Waals surface area (Å²) in [7, 11) is -7.11. The second-order valence-electron chi connectivity index (χ2n) is 4.86. The molecule has 1 fully saturated rings. The van der Waals surface area contributed by atoms with Crippen LogP contribution in [0.3, 0.4) is 0 Å². The Labute approximate surface area is 117 Å². The monoisotopic (exact) mass is 323 g/mol. The minimum atomic E-state index is -3.91. The van der Waals surface area contributed by atoms with Crippen molar-refractivity contribution in [1.82, 2.24) is 14.9 Å². The number of H-pyrrole nitrogens is 1. The first-order chi connectivity index (χ1) is 9.25. The number of aryl methyl sites for hydroxylation is 1. The van der Waals surface area contributed by atoms with Crippen molar-refractivity contribution in [3.05, 3.63) is 11.4 Å². The fraction of sp³-hybridized carbons (Fsp3) is 0.700. The molecule has 1 aliphatic rings. The molecule has 10 heteroatoms. The van der Waals surface area contributed by atoms with E-state index in [9.17, 15) is 16.8 Å². The maximum absolute atomic E-state index is 12.3. The molecular formula is C10H17N3O5S2. The summed E-state index contributed by atoms with van der Waals surface area (Å²) in [5.74, 6) is -0.102. The summed E-state index contributed by atoms with van der Waals surface area (Å²) in [6.07, 6.45) is 0.913. The van der Waals surface area contributed by atoms with E-state index in [2.05, 4.69) is 14.9 Å². The number of aliphatic hydroxyl groups excluding tert-OH is 1. The van der Waals surface area contributed by atoms with Crippen LogP contribution in [0.25, 0.3) is 0 Å². The minimum Gasteiger partial charge on any atom is -0.390 e. The molecule has 1 atom stereocenters. The summed E-state index contributed by atoms with van der Waals surface area (Å²) in [4.78, 5) is -0.108. The van der Waals surface area contributed by atoms with Crippen LogP contribution in [0.15, 0.2) is 4.90 Å². The molecular weight excluding hydrogens is 306 g/mol. The van der Waals surface area contributed by atoms with Gasteiger partial charge in [0, 0.05) is 6.04 Å². The molecule has 8 nitrogen and oxygen atoms in total. The summed E-state index contributed by atoms with van der Waals surface area (Å²) in [6.45, 7) is 1.02. The predicted molar refractivity (Wildman–Crippen MR) is 71.2 cm³/mol. The zero-order valence-electron chi connectivity index (χ0n) is 11.0. The standard InChI is InChI=1S/C10H17N3O5S2/c1-7-10(9(5-14)12-11-7)20(17,18)13-8-3-2-4-19(15,16)6-8/h8,13-14H,2-6H2,1H3,(H,11,12). The number of sulfonamides is 1. The van der Waals surface area contributed by atoms with Crippen molar-refractivity contribution in [3.8, 4) is 0 Å². The molecule has 1 aromatic heterocycles. The Morgan fingerprint density at radius 2 is 2.20 bits per heavy atom. The lowest BCUT2D eigenvalue weighted by Gasteiger charge is -2.22. The molecule has 3 N–H and O–H groups in total. The molecule has 1 saturated heterocycles. The van der Waals surface area contributed by atoms with E-state index in [1.807, 2.05) is 0 Å². The number of rotatable bonds is 4. The number of aromatic amines is 1. The largest absolute Gasteiger partial charge is 0.390 e. The van der Waals surface area contributed by atoms with Crippen LogP contribution in [0.2, 0.25) is 0 Å². The van der Waals surface area contributed by atoms with Crippen molar-refractivity contribution < 1.29 is 21.9 Å². The fourth-order valence-corrected chi connectivity index (χ4v) is 5.70. The third kappa shape index (κ3) is 3.19. The molecule has 0 radical (unpaired) electrons. The van der Waals surface area contributed by atoms with E-state index in [0.717, 1.165) is 0 Å². The van der Waals surface area contributed by atoms with Crippen molar-refractivity contribution in [2.24, 2.45) is 0 Å². The summed E-state index contributed by atoms with van der Waals surface area (Å²) >= 11 is 0. The van der Waals surface area contributed by atoms with Gasteiger partial charge in [-0.05, 0) is 19.8 Å². The fourth-order valence-electron chi connectivity index (χ4n) is 2.33. The Morgan fingerprint density at radius 1 is 1.50 bits per heavy atom. The molecule has 0 aromatic carbocycles. The van der Waals surface area contributed by atoms with Crippen molar-refractivity contribution in [2.75, 3.05) is 11.5 Å². The quantitative estimate of drug-likeness (QED) is 0.656. The van der Waals surface area contributed by atoms with Crippen LogP contribution in [0.5, 0.6) is 0 Å². The van der Waals surface area contributed by atoms with Crippen LogP contribution >= 0.6 is 0 Å². The number of hydrogen-bond acceptors (Lipinski definition) is 6. The predicted octanol–water partition coefficient (Wildman–Crippen LogP) is -0.934. The van der Waals surface area contributed by atoms with Crippen LogP contribution in [0.1, 0.15) is 24.2 Å². The first-order valence-electron chi connectivity index (χ1n) is 6.12. The van der Waals surface area contributed by atoms with Crippen LogP contribution in [0, 0.1) is 6.92 Å². The normalized spacial score (nSPS) is 22.8. The zero-order valence-corrected chi connectivity index (χ0v) is 12.6. The van der Waals surface area contributed by atoms with E-state index in [-0.39, 0.29) is 22.1 Å². The van der Waals surface area contributed by atoms with Gasteiger partial charge in [0.2, 0.25) is 10.0 Å². The Morgan fingerprint density at radius 3 is 2.80 bits per heavy atom. The van der Waals surface area contributed by atoms with E-state index in [1.165, 1.54) is 6.92 Å². The van der Waals surface area contributed by atoms with E-state index < -0.39 is 32.5 Å². The van der Waals surface area contributed by atoms with Crippen molar-refractivity contribution >= 4 is 19.9 Å². The lowest BCUT2D eigenvalue weighted by Crippen LogP contribution is -2.43. The molecule has 1 unspecified atom stereocenters. The van der Waals surface area contributed by atoms with Crippen molar-refractivity contribution in [3.63, 3.8) is 0 Å². The van der Waals surface area contributed by atoms with Crippen molar-refractivity contribution in [1.29, 1.82) is 0 Å². The summed E-state index contributed by atoms with van der Waals surface area (Å²) < 4.78 is 50.0. The number of nitrogens with one attached hydrogen (secondary N) is 2. The van der Waals surface area contributed by atoms with Crippen LogP contribution in [-0.2, 0) is 26.5 Å². The molecule has 1 aromatic rings. The zero-order chi connectivity index (χ0) is 15.0. The highest BCUT2D eigenvalue weighted by molar-refractivity contribution is 7.91. The number of sulfone groups is 1. The van der Waals surface area contributed by atoms with Crippen LogP contribution in [-0.4, -0.2) is 49.7 Å². The van der Waals surface area contributed by atoms with Gasteiger partial charge in [0.05, 0.1) is 23.8 Å².